The summed E-state index contributed by atoms with van der Waals surface area (Å²) in [5.41, 5.74) is 0.424. The lowest BCUT2D eigenvalue weighted by molar-refractivity contribution is -0.156. The molecule has 0 atom stereocenters. The van der Waals surface area contributed by atoms with Crippen molar-refractivity contribution in [1.29, 1.82) is 0 Å². The molecule has 0 amide bonds. The first kappa shape index (κ1) is 23.0. The van der Waals surface area contributed by atoms with Crippen LogP contribution in [0.1, 0.15) is 45.6 Å². The molecule has 1 fully saturated rings. The van der Waals surface area contributed by atoms with Crippen LogP contribution in [0.2, 0.25) is 5.02 Å². The number of esters is 1. The minimum atomic E-state index is -0.556. The van der Waals surface area contributed by atoms with Gasteiger partial charge < -0.3 is 14.4 Å². The molecule has 0 radical (unpaired) electrons. The minimum Gasteiger partial charge on any atom is -0.487 e. The molecule has 2 aromatic heterocycles. The number of thiazole rings is 1. The third-order valence-corrected chi connectivity index (χ3v) is 7.44. The second kappa shape index (κ2) is 8.81. The number of halogens is 1. The first-order valence-corrected chi connectivity index (χ1v) is 12.6. The molecule has 1 spiro atoms. The molecule has 0 aliphatic carbocycles. The van der Waals surface area contributed by atoms with E-state index in [-0.39, 0.29) is 12.1 Å². The molecule has 4 heterocycles. The van der Waals surface area contributed by atoms with E-state index in [4.69, 9.17) is 21.1 Å². The zero-order valence-electron chi connectivity index (χ0n) is 19.5. The van der Waals surface area contributed by atoms with Gasteiger partial charge in [-0.3, -0.25) is 0 Å². The zero-order chi connectivity index (χ0) is 23.9. The van der Waals surface area contributed by atoms with Crippen molar-refractivity contribution in [2.75, 3.05) is 18.0 Å². The van der Waals surface area contributed by atoms with E-state index in [0.717, 1.165) is 65.1 Å². The topological polar surface area (TPSA) is 95.3 Å². The fourth-order valence-corrected chi connectivity index (χ4v) is 5.54. The minimum absolute atomic E-state index is 0.0848. The van der Waals surface area contributed by atoms with Crippen molar-refractivity contribution in [1.82, 2.24) is 25.2 Å². The first-order chi connectivity index (χ1) is 16.2. The van der Waals surface area contributed by atoms with Gasteiger partial charge in [0.25, 0.3) is 0 Å². The molecular weight excluding hydrogens is 476 g/mol. The molecular formula is C23H27ClN6O3S. The lowest BCUT2D eigenvalue weighted by Gasteiger charge is -2.44. The molecule has 0 bridgehead atoms. The standard InChI is InChI=1S/C23H27ClN6O3S/c1-22(2,3)33-19(31)14-30-27-20(26-28-30)18-13-25-21(34-18)29-11-9-23(10-12-29)8-7-15-16(24)5-4-6-17(15)32-23/h4-6,13H,7-12,14H2,1-3H3. The fraction of sp³-hybridized carbons (Fsp3) is 0.522. The van der Waals surface area contributed by atoms with Crippen LogP contribution in [0, 0.1) is 0 Å². The maximum atomic E-state index is 12.0. The second-order valence-electron chi connectivity index (χ2n) is 9.73. The number of piperidine rings is 1. The molecule has 2 aliphatic heterocycles. The van der Waals surface area contributed by atoms with E-state index in [1.54, 1.807) is 6.20 Å². The van der Waals surface area contributed by atoms with Gasteiger partial charge in [0.2, 0.25) is 5.82 Å². The number of benzene rings is 1. The van der Waals surface area contributed by atoms with E-state index in [0.29, 0.717) is 5.82 Å². The normalized spacial score (nSPS) is 17.4. The van der Waals surface area contributed by atoms with Crippen LogP contribution in [0.3, 0.4) is 0 Å². The van der Waals surface area contributed by atoms with Gasteiger partial charge >= 0.3 is 5.97 Å². The molecule has 1 aromatic carbocycles. The first-order valence-electron chi connectivity index (χ1n) is 11.4. The van der Waals surface area contributed by atoms with Crippen molar-refractivity contribution >= 4 is 34.0 Å². The van der Waals surface area contributed by atoms with Gasteiger partial charge in [0.1, 0.15) is 17.0 Å². The van der Waals surface area contributed by atoms with Crippen LogP contribution in [0.5, 0.6) is 5.75 Å². The van der Waals surface area contributed by atoms with Gasteiger partial charge in [-0.2, -0.15) is 4.80 Å². The lowest BCUT2D eigenvalue weighted by Crippen LogP contribution is -2.49. The van der Waals surface area contributed by atoms with Crippen LogP contribution < -0.4 is 9.64 Å². The number of fused-ring (bicyclic) bond motifs is 1. The van der Waals surface area contributed by atoms with Gasteiger partial charge in [-0.05, 0) is 51.0 Å². The number of anilines is 1. The molecule has 3 aromatic rings. The Hall–Kier alpha value is -2.72. The molecule has 9 nitrogen and oxygen atoms in total. The van der Waals surface area contributed by atoms with Crippen molar-refractivity contribution in [3.8, 4) is 16.5 Å². The average molecular weight is 503 g/mol. The van der Waals surface area contributed by atoms with E-state index in [9.17, 15) is 4.79 Å². The monoisotopic (exact) mass is 502 g/mol. The Morgan fingerprint density at radius 3 is 2.82 bits per heavy atom. The van der Waals surface area contributed by atoms with Crippen molar-refractivity contribution in [3.05, 3.63) is 35.0 Å². The lowest BCUT2D eigenvalue weighted by atomic mass is 9.83. The molecule has 180 valence electrons. The SMILES string of the molecule is CC(C)(C)OC(=O)Cn1nnc(-c2cnc(N3CCC4(CCc5c(Cl)cccc5O4)CC3)s2)n1. The third kappa shape index (κ3) is 4.88. The number of carbonyl (C=O) groups is 1. The van der Waals surface area contributed by atoms with Gasteiger partial charge in [-0.15, -0.1) is 10.2 Å². The van der Waals surface area contributed by atoms with Gasteiger partial charge in [-0.1, -0.05) is 29.0 Å². The van der Waals surface area contributed by atoms with Crippen LogP contribution in [0.4, 0.5) is 5.13 Å². The quantitative estimate of drug-likeness (QED) is 0.491. The maximum absolute atomic E-state index is 12.0. The zero-order valence-corrected chi connectivity index (χ0v) is 21.0. The number of hydrogen-bond donors (Lipinski definition) is 0. The summed E-state index contributed by atoms with van der Waals surface area (Å²) in [4.78, 5) is 20.9. The van der Waals surface area contributed by atoms with E-state index in [1.807, 2.05) is 39.0 Å². The van der Waals surface area contributed by atoms with E-state index >= 15 is 0 Å². The van der Waals surface area contributed by atoms with E-state index < -0.39 is 11.6 Å². The number of aromatic nitrogens is 5. The predicted octanol–water partition coefficient (Wildman–Crippen LogP) is 4.16. The highest BCUT2D eigenvalue weighted by Gasteiger charge is 2.40. The van der Waals surface area contributed by atoms with Gasteiger partial charge in [0.05, 0.1) is 11.1 Å². The van der Waals surface area contributed by atoms with E-state index in [1.165, 1.54) is 16.1 Å². The Balaban J connectivity index is 1.20. The van der Waals surface area contributed by atoms with E-state index in [2.05, 4.69) is 25.3 Å². The maximum Gasteiger partial charge on any atom is 0.330 e. The van der Waals surface area contributed by atoms with Crippen molar-refractivity contribution in [2.45, 2.75) is 64.2 Å². The summed E-state index contributed by atoms with van der Waals surface area (Å²) in [5.74, 6) is 0.965. The van der Waals surface area contributed by atoms with Crippen LogP contribution in [-0.4, -0.2) is 55.5 Å². The Kier molecular flexibility index (Phi) is 5.97. The summed E-state index contributed by atoms with van der Waals surface area (Å²) in [6.45, 7) is 7.10. The fourth-order valence-electron chi connectivity index (χ4n) is 4.38. The summed E-state index contributed by atoms with van der Waals surface area (Å²) in [6.07, 6.45) is 5.54. The van der Waals surface area contributed by atoms with Crippen molar-refractivity contribution < 1.29 is 14.3 Å². The molecule has 34 heavy (non-hydrogen) atoms. The summed E-state index contributed by atoms with van der Waals surface area (Å²) in [7, 11) is 0. The van der Waals surface area contributed by atoms with Crippen LogP contribution in [-0.2, 0) is 22.5 Å². The summed E-state index contributed by atoms with van der Waals surface area (Å²) < 4.78 is 11.8. The number of ether oxygens (including phenoxy) is 2. The molecule has 0 N–H and O–H groups in total. The molecule has 5 rings (SSSR count). The summed E-state index contributed by atoms with van der Waals surface area (Å²) in [6, 6.07) is 5.89. The van der Waals surface area contributed by atoms with Crippen molar-refractivity contribution in [2.24, 2.45) is 0 Å². The number of carbonyl (C=O) groups excluding carboxylic acids is 1. The van der Waals surface area contributed by atoms with Gasteiger partial charge in [0.15, 0.2) is 11.7 Å². The summed E-state index contributed by atoms with van der Waals surface area (Å²) >= 11 is 7.87. The number of nitrogens with zero attached hydrogens (tertiary/aromatic N) is 6. The molecule has 11 heteroatoms. The highest BCUT2D eigenvalue weighted by molar-refractivity contribution is 7.18. The van der Waals surface area contributed by atoms with Crippen LogP contribution in [0.15, 0.2) is 24.4 Å². The van der Waals surface area contributed by atoms with Crippen LogP contribution in [0.25, 0.3) is 10.7 Å². The molecule has 2 aliphatic rings. The smallest absolute Gasteiger partial charge is 0.330 e. The Bertz CT molecular complexity index is 1200. The number of hydrogen-bond acceptors (Lipinski definition) is 9. The van der Waals surface area contributed by atoms with Gasteiger partial charge in [-0.25, -0.2) is 9.78 Å². The number of tetrazole rings is 1. The number of rotatable bonds is 4. The van der Waals surface area contributed by atoms with Gasteiger partial charge in [0, 0.05) is 36.5 Å². The Morgan fingerprint density at radius 2 is 2.06 bits per heavy atom. The largest absolute Gasteiger partial charge is 0.487 e. The highest BCUT2D eigenvalue weighted by atomic mass is 35.5. The second-order valence-corrected chi connectivity index (χ2v) is 11.1. The predicted molar refractivity (Wildman–Crippen MR) is 129 cm³/mol. The summed E-state index contributed by atoms with van der Waals surface area (Å²) in [5, 5.41) is 14.1. The molecule has 0 unspecified atom stereocenters. The third-order valence-electron chi connectivity index (χ3n) is 6.04. The molecule has 0 saturated carbocycles. The Labute approximate surface area is 207 Å². The van der Waals surface area contributed by atoms with Crippen LogP contribution >= 0.6 is 22.9 Å². The van der Waals surface area contributed by atoms with Crippen molar-refractivity contribution in [3.63, 3.8) is 0 Å². The highest BCUT2D eigenvalue weighted by Crippen LogP contribution is 2.42. The Morgan fingerprint density at radius 1 is 1.26 bits per heavy atom. The average Bonchev–Trinajstić information content (AvgIpc) is 3.43. The molecule has 1 saturated heterocycles.